The van der Waals surface area contributed by atoms with Gasteiger partial charge in [0.2, 0.25) is 0 Å². The minimum absolute atomic E-state index is 0.0119. The largest absolute Gasteiger partial charge is 0.289 e. The first-order valence-corrected chi connectivity index (χ1v) is 5.27. The Kier molecular flexibility index (Phi) is 3.07. The Bertz CT molecular complexity index is 515. The van der Waals surface area contributed by atoms with Crippen LogP contribution in [0, 0.1) is 6.92 Å². The van der Waals surface area contributed by atoms with Crippen molar-refractivity contribution < 1.29 is 4.79 Å². The topological polar surface area (TPSA) is 17.1 Å². The van der Waals surface area contributed by atoms with Crippen LogP contribution in [0.5, 0.6) is 0 Å². The lowest BCUT2D eigenvalue weighted by Crippen LogP contribution is -2.00. The molecular formula is C14H10ClO. The molecule has 0 heterocycles. The lowest BCUT2D eigenvalue weighted by atomic mass is 10.0. The van der Waals surface area contributed by atoms with Crippen molar-refractivity contribution in [3.63, 3.8) is 0 Å². The molecule has 0 saturated carbocycles. The molecule has 2 rings (SSSR count). The van der Waals surface area contributed by atoms with Gasteiger partial charge in [-0.25, -0.2) is 0 Å². The molecule has 0 aliphatic rings. The van der Waals surface area contributed by atoms with E-state index in [1.165, 1.54) is 0 Å². The van der Waals surface area contributed by atoms with Gasteiger partial charge in [-0.3, -0.25) is 4.79 Å². The third kappa shape index (κ3) is 2.31. The van der Waals surface area contributed by atoms with Crippen LogP contribution >= 0.6 is 11.6 Å². The van der Waals surface area contributed by atoms with Gasteiger partial charge in [0.15, 0.2) is 5.78 Å². The molecule has 0 amide bonds. The van der Waals surface area contributed by atoms with Crippen molar-refractivity contribution in [2.75, 3.05) is 0 Å². The quantitative estimate of drug-likeness (QED) is 0.717. The van der Waals surface area contributed by atoms with Crippen molar-refractivity contribution in [2.45, 2.75) is 0 Å². The number of carbonyl (C=O) groups excluding carboxylic acids is 1. The second kappa shape index (κ2) is 4.50. The van der Waals surface area contributed by atoms with Crippen LogP contribution in [0.3, 0.4) is 0 Å². The second-order valence-electron chi connectivity index (χ2n) is 3.54. The summed E-state index contributed by atoms with van der Waals surface area (Å²) in [6, 6.07) is 14.1. The van der Waals surface area contributed by atoms with Crippen molar-refractivity contribution in [3.05, 3.63) is 77.2 Å². The van der Waals surface area contributed by atoms with E-state index in [-0.39, 0.29) is 5.78 Å². The summed E-state index contributed by atoms with van der Waals surface area (Å²) in [4.78, 5) is 12.0. The molecule has 2 aromatic carbocycles. The summed E-state index contributed by atoms with van der Waals surface area (Å²) in [7, 11) is 0. The zero-order valence-electron chi connectivity index (χ0n) is 8.61. The highest BCUT2D eigenvalue weighted by atomic mass is 35.5. The Morgan fingerprint density at radius 2 is 1.69 bits per heavy atom. The third-order valence-corrected chi connectivity index (χ3v) is 2.55. The first-order valence-electron chi connectivity index (χ1n) is 4.89. The van der Waals surface area contributed by atoms with Gasteiger partial charge in [-0.2, -0.15) is 0 Å². The Morgan fingerprint density at radius 3 is 2.31 bits per heavy atom. The molecule has 79 valence electrons. The highest BCUT2D eigenvalue weighted by Crippen LogP contribution is 2.14. The molecule has 0 N–H and O–H groups in total. The van der Waals surface area contributed by atoms with Crippen LogP contribution < -0.4 is 0 Å². The van der Waals surface area contributed by atoms with Crippen molar-refractivity contribution in [2.24, 2.45) is 0 Å². The molecule has 0 aromatic heterocycles. The first kappa shape index (κ1) is 10.9. The summed E-state index contributed by atoms with van der Waals surface area (Å²) in [6.45, 7) is 3.80. The van der Waals surface area contributed by atoms with E-state index in [0.717, 1.165) is 5.56 Å². The molecular weight excluding hydrogens is 220 g/mol. The van der Waals surface area contributed by atoms with E-state index in [2.05, 4.69) is 6.92 Å². The number of rotatable bonds is 2. The molecule has 0 fully saturated rings. The van der Waals surface area contributed by atoms with Gasteiger partial charge in [-0.05, 0) is 42.8 Å². The summed E-state index contributed by atoms with van der Waals surface area (Å²) in [6.07, 6.45) is 0. The molecule has 0 bridgehead atoms. The standard InChI is InChI=1S/C14H10ClO/c1-10-3-2-4-12(9-10)14(16)11-5-7-13(15)8-6-11/h2-9H,1H2. The maximum atomic E-state index is 12.0. The van der Waals surface area contributed by atoms with E-state index >= 15 is 0 Å². The molecule has 0 saturated heterocycles. The fourth-order valence-corrected chi connectivity index (χ4v) is 1.61. The molecule has 0 unspecified atom stereocenters. The Labute approximate surface area is 99.7 Å². The number of carbonyl (C=O) groups is 1. The number of benzene rings is 2. The summed E-state index contributed by atoms with van der Waals surface area (Å²) < 4.78 is 0. The summed E-state index contributed by atoms with van der Waals surface area (Å²) in [5.74, 6) is -0.0119. The fraction of sp³-hybridized carbons (Fsp3) is 0. The monoisotopic (exact) mass is 229 g/mol. The van der Waals surface area contributed by atoms with E-state index in [1.807, 2.05) is 12.1 Å². The second-order valence-corrected chi connectivity index (χ2v) is 3.97. The van der Waals surface area contributed by atoms with Gasteiger partial charge in [0.25, 0.3) is 0 Å². The average Bonchev–Trinajstić information content (AvgIpc) is 2.29. The van der Waals surface area contributed by atoms with Crippen LogP contribution in [0.25, 0.3) is 0 Å². The fourth-order valence-electron chi connectivity index (χ4n) is 1.48. The number of ketones is 1. The van der Waals surface area contributed by atoms with Crippen molar-refractivity contribution in [1.29, 1.82) is 0 Å². The molecule has 2 aromatic rings. The lowest BCUT2D eigenvalue weighted by molar-refractivity contribution is 0.103. The van der Waals surface area contributed by atoms with Crippen LogP contribution in [-0.2, 0) is 0 Å². The van der Waals surface area contributed by atoms with Gasteiger partial charge < -0.3 is 0 Å². The number of hydrogen-bond acceptors (Lipinski definition) is 1. The predicted molar refractivity (Wildman–Crippen MR) is 65.8 cm³/mol. The van der Waals surface area contributed by atoms with Crippen LogP contribution in [-0.4, -0.2) is 5.78 Å². The van der Waals surface area contributed by atoms with Crippen LogP contribution in [0.2, 0.25) is 5.02 Å². The van der Waals surface area contributed by atoms with Gasteiger partial charge in [-0.15, -0.1) is 0 Å². The maximum Gasteiger partial charge on any atom is 0.193 e. The molecule has 16 heavy (non-hydrogen) atoms. The molecule has 0 atom stereocenters. The average molecular weight is 230 g/mol. The van der Waals surface area contributed by atoms with E-state index < -0.39 is 0 Å². The van der Waals surface area contributed by atoms with E-state index in [4.69, 9.17) is 11.6 Å². The lowest BCUT2D eigenvalue weighted by Gasteiger charge is -2.02. The van der Waals surface area contributed by atoms with Crippen molar-refractivity contribution in [3.8, 4) is 0 Å². The van der Waals surface area contributed by atoms with Crippen LogP contribution in [0.15, 0.2) is 48.5 Å². The Balaban J connectivity index is 2.35. The Hall–Kier alpha value is -1.60. The van der Waals surface area contributed by atoms with Crippen molar-refractivity contribution in [1.82, 2.24) is 0 Å². The van der Waals surface area contributed by atoms with Gasteiger partial charge >= 0.3 is 0 Å². The first-order chi connectivity index (χ1) is 7.66. The molecule has 0 spiro atoms. The van der Waals surface area contributed by atoms with Gasteiger partial charge in [-0.1, -0.05) is 29.8 Å². The summed E-state index contributed by atoms with van der Waals surface area (Å²) in [5, 5.41) is 0.627. The van der Waals surface area contributed by atoms with Gasteiger partial charge in [0, 0.05) is 16.1 Å². The Morgan fingerprint density at radius 1 is 1.00 bits per heavy atom. The number of hydrogen-bond donors (Lipinski definition) is 0. The number of halogens is 1. The minimum atomic E-state index is -0.0119. The SMILES string of the molecule is [CH2]c1cccc(C(=O)c2ccc(Cl)cc2)c1. The summed E-state index contributed by atoms with van der Waals surface area (Å²) in [5.41, 5.74) is 2.12. The smallest absolute Gasteiger partial charge is 0.193 e. The van der Waals surface area contributed by atoms with Crippen LogP contribution in [0.1, 0.15) is 21.5 Å². The molecule has 1 nitrogen and oxygen atoms in total. The molecule has 2 heteroatoms. The highest BCUT2D eigenvalue weighted by Gasteiger charge is 2.08. The molecule has 0 aliphatic carbocycles. The van der Waals surface area contributed by atoms with E-state index in [1.54, 1.807) is 36.4 Å². The molecule has 1 radical (unpaired) electrons. The zero-order valence-corrected chi connectivity index (χ0v) is 9.37. The minimum Gasteiger partial charge on any atom is -0.289 e. The predicted octanol–water partition coefficient (Wildman–Crippen LogP) is 3.75. The maximum absolute atomic E-state index is 12.0. The van der Waals surface area contributed by atoms with Gasteiger partial charge in [0.1, 0.15) is 0 Å². The third-order valence-electron chi connectivity index (χ3n) is 2.30. The van der Waals surface area contributed by atoms with Gasteiger partial charge in [0.05, 0.1) is 0 Å². The molecule has 0 aliphatic heterocycles. The van der Waals surface area contributed by atoms with Crippen LogP contribution in [0.4, 0.5) is 0 Å². The van der Waals surface area contributed by atoms with E-state index in [0.29, 0.717) is 16.1 Å². The van der Waals surface area contributed by atoms with E-state index in [9.17, 15) is 4.79 Å². The summed E-state index contributed by atoms with van der Waals surface area (Å²) >= 11 is 5.77. The highest BCUT2D eigenvalue weighted by molar-refractivity contribution is 6.30. The van der Waals surface area contributed by atoms with Crippen molar-refractivity contribution >= 4 is 17.4 Å². The normalized spacial score (nSPS) is 10.1. The zero-order chi connectivity index (χ0) is 11.5.